The molecule has 0 bridgehead atoms. The van der Waals surface area contributed by atoms with Crippen LogP contribution >= 0.6 is 24.4 Å². The van der Waals surface area contributed by atoms with Crippen LogP contribution in [0.15, 0.2) is 36.4 Å². The molecule has 2 rings (SSSR count). The molecule has 2 N–H and O–H groups in total. The molecule has 188 valence electrons. The minimum absolute atomic E-state index is 0.0877. The van der Waals surface area contributed by atoms with Crippen LogP contribution in [-0.4, -0.2) is 74.3 Å². The molecule has 0 aromatic heterocycles. The summed E-state index contributed by atoms with van der Waals surface area (Å²) >= 11 is 10.7. The molecule has 2 aromatic carbocycles. The Morgan fingerprint density at radius 3 is 1.40 bits per heavy atom. The highest BCUT2D eigenvalue weighted by atomic mass is 32.1. The molecule has 0 saturated carbocycles. The molecule has 0 saturated heterocycles. The molecular formula is C23H28N4O6S2. The summed E-state index contributed by atoms with van der Waals surface area (Å²) in [6.45, 7) is 0. The van der Waals surface area contributed by atoms with Gasteiger partial charge in [-0.3, -0.25) is 30.5 Å². The Labute approximate surface area is 215 Å². The Morgan fingerprint density at radius 1 is 0.714 bits per heavy atom. The van der Waals surface area contributed by atoms with Crippen LogP contribution in [0.2, 0.25) is 0 Å². The molecule has 2 aromatic rings. The van der Waals surface area contributed by atoms with E-state index in [1.807, 2.05) is 0 Å². The largest absolute Gasteiger partial charge is 0.497 e. The lowest BCUT2D eigenvalue weighted by molar-refractivity contribution is 0.0751. The van der Waals surface area contributed by atoms with E-state index in [9.17, 15) is 9.59 Å². The van der Waals surface area contributed by atoms with E-state index in [0.717, 1.165) is 0 Å². The first-order valence-corrected chi connectivity index (χ1v) is 11.1. The molecule has 2 amide bonds. The third kappa shape index (κ3) is 7.17. The number of carbonyl (C=O) groups excluding carboxylic acids is 2. The maximum Gasteiger partial charge on any atom is 0.275 e. The van der Waals surface area contributed by atoms with E-state index in [1.165, 1.54) is 52.6 Å². The number of amides is 2. The van der Waals surface area contributed by atoms with E-state index in [4.69, 9.17) is 43.4 Å². The average molecular weight is 521 g/mol. The average Bonchev–Trinajstić information content (AvgIpc) is 2.86. The molecule has 12 heteroatoms. The molecule has 0 spiro atoms. The molecule has 0 aliphatic rings. The first kappa shape index (κ1) is 27.6. The fraction of sp³-hybridized carbons (Fsp3) is 0.304. The Bertz CT molecular complexity index is 1030. The standard InChI is InChI=1S/C23H28N4O6S2/c1-26(22(28)16-11-14(30-3)7-9-18(16)32-5)24-20(34)13-21(35)25-27(2)23(29)17-12-15(31-4)8-10-19(17)33-6/h7-12H,13H2,1-6H3,(H,24,34)(H,25,35). The summed E-state index contributed by atoms with van der Waals surface area (Å²) in [5, 5.41) is 2.44. The Kier molecular flexibility index (Phi) is 10.0. The first-order valence-electron chi connectivity index (χ1n) is 10.2. The van der Waals surface area contributed by atoms with Gasteiger partial charge in [-0.2, -0.15) is 0 Å². The number of thiocarbonyl (C=S) groups is 2. The van der Waals surface area contributed by atoms with Crippen LogP contribution in [0.5, 0.6) is 23.0 Å². The van der Waals surface area contributed by atoms with Gasteiger partial charge in [0.15, 0.2) is 0 Å². The third-order valence-electron chi connectivity index (χ3n) is 4.79. The predicted molar refractivity (Wildman–Crippen MR) is 139 cm³/mol. The fourth-order valence-corrected chi connectivity index (χ4v) is 3.68. The van der Waals surface area contributed by atoms with Crippen LogP contribution < -0.4 is 29.8 Å². The van der Waals surface area contributed by atoms with Crippen LogP contribution in [-0.2, 0) is 0 Å². The minimum atomic E-state index is -0.389. The Hall–Kier alpha value is -3.64. The number of ether oxygens (including phenoxy) is 4. The number of carbonyl (C=O) groups is 2. The van der Waals surface area contributed by atoms with Crippen LogP contribution in [0.4, 0.5) is 0 Å². The van der Waals surface area contributed by atoms with Crippen molar-refractivity contribution in [1.82, 2.24) is 20.9 Å². The van der Waals surface area contributed by atoms with Crippen molar-refractivity contribution in [2.24, 2.45) is 0 Å². The van der Waals surface area contributed by atoms with Gasteiger partial charge in [0, 0.05) is 14.1 Å². The van der Waals surface area contributed by atoms with Crippen LogP contribution in [0.1, 0.15) is 27.1 Å². The highest BCUT2D eigenvalue weighted by Crippen LogP contribution is 2.25. The van der Waals surface area contributed by atoms with Crippen molar-refractivity contribution in [3.63, 3.8) is 0 Å². The van der Waals surface area contributed by atoms with Gasteiger partial charge in [-0.05, 0) is 36.4 Å². The fourth-order valence-electron chi connectivity index (χ4n) is 3.02. The molecular weight excluding hydrogens is 492 g/mol. The number of nitrogens with one attached hydrogen (secondary N) is 2. The summed E-state index contributed by atoms with van der Waals surface area (Å²) in [5.41, 5.74) is 6.22. The number of hydrazine groups is 2. The summed E-state index contributed by atoms with van der Waals surface area (Å²) in [6.07, 6.45) is 0.0877. The van der Waals surface area contributed by atoms with Crippen molar-refractivity contribution in [3.8, 4) is 23.0 Å². The van der Waals surface area contributed by atoms with Gasteiger partial charge in [0.1, 0.15) is 33.0 Å². The van der Waals surface area contributed by atoms with Gasteiger partial charge < -0.3 is 18.9 Å². The molecule has 0 heterocycles. The van der Waals surface area contributed by atoms with Crippen LogP contribution in [0, 0.1) is 0 Å². The quantitative estimate of drug-likeness (QED) is 0.399. The maximum atomic E-state index is 12.9. The topological polar surface area (TPSA) is 102 Å². The smallest absolute Gasteiger partial charge is 0.275 e. The van der Waals surface area contributed by atoms with Gasteiger partial charge in [0.2, 0.25) is 0 Å². The SMILES string of the molecule is COc1ccc(OC)c(C(=O)N(C)NC(=S)CC(=S)NN(C)C(=O)c2cc(OC)ccc2OC)c1. The van der Waals surface area contributed by atoms with Crippen molar-refractivity contribution in [2.45, 2.75) is 6.42 Å². The van der Waals surface area contributed by atoms with Gasteiger partial charge in [0.25, 0.3) is 11.8 Å². The van der Waals surface area contributed by atoms with Gasteiger partial charge in [-0.1, -0.05) is 24.4 Å². The van der Waals surface area contributed by atoms with Gasteiger partial charge in [-0.25, -0.2) is 0 Å². The summed E-state index contributed by atoms with van der Waals surface area (Å²) < 4.78 is 20.9. The number of hydrogen-bond acceptors (Lipinski definition) is 8. The molecule has 0 unspecified atom stereocenters. The van der Waals surface area contributed by atoms with Gasteiger partial charge in [0.05, 0.1) is 46.0 Å². The zero-order chi connectivity index (χ0) is 26.1. The van der Waals surface area contributed by atoms with E-state index in [2.05, 4.69) is 10.9 Å². The van der Waals surface area contributed by atoms with Gasteiger partial charge in [-0.15, -0.1) is 0 Å². The third-order valence-corrected chi connectivity index (χ3v) is 5.26. The molecule has 0 radical (unpaired) electrons. The van der Waals surface area contributed by atoms with Gasteiger partial charge >= 0.3 is 0 Å². The lowest BCUT2D eigenvalue weighted by atomic mass is 10.1. The predicted octanol–water partition coefficient (Wildman–Crippen LogP) is 2.62. The lowest BCUT2D eigenvalue weighted by Crippen LogP contribution is -2.47. The van der Waals surface area contributed by atoms with Crippen molar-refractivity contribution < 1.29 is 28.5 Å². The monoisotopic (exact) mass is 520 g/mol. The minimum Gasteiger partial charge on any atom is -0.497 e. The number of nitrogens with zero attached hydrogens (tertiary/aromatic N) is 2. The first-order chi connectivity index (χ1) is 16.6. The van der Waals surface area contributed by atoms with Crippen molar-refractivity contribution in [2.75, 3.05) is 42.5 Å². The molecule has 0 fully saturated rings. The summed E-state index contributed by atoms with van der Waals surface area (Å²) in [5.74, 6) is 1.02. The zero-order valence-electron chi connectivity index (χ0n) is 20.3. The highest BCUT2D eigenvalue weighted by Gasteiger charge is 2.21. The number of hydrogen-bond donors (Lipinski definition) is 2. The summed E-state index contributed by atoms with van der Waals surface area (Å²) in [4.78, 5) is 26.3. The van der Waals surface area contributed by atoms with Crippen molar-refractivity contribution in [3.05, 3.63) is 47.5 Å². The van der Waals surface area contributed by atoms with E-state index >= 15 is 0 Å². The van der Waals surface area contributed by atoms with Crippen LogP contribution in [0.25, 0.3) is 0 Å². The maximum absolute atomic E-state index is 12.9. The second kappa shape index (κ2) is 12.7. The molecule has 0 aliphatic heterocycles. The van der Waals surface area contributed by atoms with E-state index < -0.39 is 0 Å². The van der Waals surface area contributed by atoms with Crippen molar-refractivity contribution >= 4 is 46.2 Å². The lowest BCUT2D eigenvalue weighted by Gasteiger charge is -2.24. The number of benzene rings is 2. The zero-order valence-corrected chi connectivity index (χ0v) is 22.0. The second-order valence-corrected chi connectivity index (χ2v) is 8.09. The summed E-state index contributed by atoms with van der Waals surface area (Å²) in [7, 11) is 9.00. The molecule has 35 heavy (non-hydrogen) atoms. The number of methoxy groups -OCH3 is 4. The molecule has 10 nitrogen and oxygen atoms in total. The van der Waals surface area contributed by atoms with Crippen LogP contribution in [0.3, 0.4) is 0 Å². The summed E-state index contributed by atoms with van der Waals surface area (Å²) in [6, 6.07) is 9.81. The van der Waals surface area contributed by atoms with E-state index in [-0.39, 0.29) is 28.2 Å². The van der Waals surface area contributed by atoms with E-state index in [0.29, 0.717) is 34.1 Å². The number of rotatable bonds is 8. The van der Waals surface area contributed by atoms with Crippen molar-refractivity contribution in [1.29, 1.82) is 0 Å². The highest BCUT2D eigenvalue weighted by molar-refractivity contribution is 7.82. The Balaban J connectivity index is 2.00. The Morgan fingerprint density at radius 2 is 1.09 bits per heavy atom. The molecule has 0 aliphatic carbocycles. The van der Waals surface area contributed by atoms with E-state index in [1.54, 1.807) is 36.4 Å². The normalized spacial score (nSPS) is 10.0. The molecule has 0 atom stereocenters. The second-order valence-electron chi connectivity index (χ2n) is 7.11.